The number of nitrogens with zero attached hydrogens (tertiary/aromatic N) is 2. The van der Waals surface area contributed by atoms with Crippen LogP contribution in [0.2, 0.25) is 0 Å². The number of piperidine rings is 2. The zero-order chi connectivity index (χ0) is 18.7. The number of urea groups is 1. The van der Waals surface area contributed by atoms with Gasteiger partial charge in [-0.1, -0.05) is 17.7 Å². The summed E-state index contributed by atoms with van der Waals surface area (Å²) in [5.41, 5.74) is 1.03. The average Bonchev–Trinajstić information content (AvgIpc) is 2.62. The molecule has 0 aliphatic carbocycles. The molecule has 0 spiro atoms. The van der Waals surface area contributed by atoms with Crippen LogP contribution in [0.25, 0.3) is 0 Å². The maximum absolute atomic E-state index is 12.9. The number of carbonyl (C=O) groups is 1. The third kappa shape index (κ3) is 4.20. The van der Waals surface area contributed by atoms with E-state index < -0.39 is 10.0 Å². The van der Waals surface area contributed by atoms with Crippen molar-refractivity contribution in [1.82, 2.24) is 14.5 Å². The molecule has 6 nitrogen and oxygen atoms in total. The third-order valence-corrected chi connectivity index (χ3v) is 7.31. The Balaban J connectivity index is 1.65. The second kappa shape index (κ2) is 7.96. The van der Waals surface area contributed by atoms with Crippen LogP contribution < -0.4 is 5.32 Å². The van der Waals surface area contributed by atoms with Gasteiger partial charge < -0.3 is 10.2 Å². The lowest BCUT2D eigenvalue weighted by molar-refractivity contribution is 0.150. The summed E-state index contributed by atoms with van der Waals surface area (Å²) in [6, 6.07) is 6.99. The quantitative estimate of drug-likeness (QED) is 0.878. The minimum absolute atomic E-state index is 0.0585. The zero-order valence-corrected chi connectivity index (χ0v) is 16.5. The third-order valence-electron chi connectivity index (χ3n) is 5.43. The van der Waals surface area contributed by atoms with Gasteiger partial charge in [0.1, 0.15) is 0 Å². The summed E-state index contributed by atoms with van der Waals surface area (Å²) in [5.74, 6) is 0. The normalized spacial score (nSPS) is 25.1. The van der Waals surface area contributed by atoms with Crippen LogP contribution in [-0.2, 0) is 10.0 Å². The Morgan fingerprint density at radius 1 is 1.08 bits per heavy atom. The molecule has 0 bridgehead atoms. The molecule has 2 saturated heterocycles. The maximum Gasteiger partial charge on any atom is 0.317 e. The predicted octanol–water partition coefficient (Wildman–Crippen LogP) is 2.73. The van der Waals surface area contributed by atoms with Crippen LogP contribution in [0.15, 0.2) is 29.2 Å². The first-order valence-corrected chi connectivity index (χ1v) is 11.0. The Morgan fingerprint density at radius 2 is 1.81 bits per heavy atom. The number of rotatable bonds is 3. The van der Waals surface area contributed by atoms with E-state index >= 15 is 0 Å². The molecule has 2 fully saturated rings. The molecule has 144 valence electrons. The summed E-state index contributed by atoms with van der Waals surface area (Å²) >= 11 is 0. The van der Waals surface area contributed by atoms with Gasteiger partial charge in [0.05, 0.1) is 4.90 Å². The standard InChI is InChI=1S/C19H29N3O3S/c1-15-8-10-18(11-9-15)26(24,25)21-12-5-7-17(14-21)20-19(23)22-13-4-3-6-16(22)2/h8-11,16-17H,3-7,12-14H2,1-2H3,(H,20,23)/t16-,17+/m1/s1. The summed E-state index contributed by atoms with van der Waals surface area (Å²) in [4.78, 5) is 14.8. The number of hydrogen-bond acceptors (Lipinski definition) is 3. The predicted molar refractivity (Wildman–Crippen MR) is 102 cm³/mol. The SMILES string of the molecule is Cc1ccc(S(=O)(=O)N2CCC[C@H](NC(=O)N3CCCC[C@H]3C)C2)cc1. The van der Waals surface area contributed by atoms with Crippen LogP contribution in [0.5, 0.6) is 0 Å². The summed E-state index contributed by atoms with van der Waals surface area (Å²) < 4.78 is 27.3. The molecule has 2 aliphatic heterocycles. The fourth-order valence-electron chi connectivity index (χ4n) is 3.80. The van der Waals surface area contributed by atoms with Gasteiger partial charge in [-0.05, 0) is 58.1 Å². The van der Waals surface area contributed by atoms with Gasteiger partial charge in [0.15, 0.2) is 0 Å². The first kappa shape index (κ1) is 19.2. The second-order valence-electron chi connectivity index (χ2n) is 7.50. The smallest absolute Gasteiger partial charge is 0.317 e. The molecule has 0 saturated carbocycles. The molecule has 0 aromatic heterocycles. The van der Waals surface area contributed by atoms with E-state index in [0.29, 0.717) is 18.0 Å². The number of amides is 2. The zero-order valence-electron chi connectivity index (χ0n) is 15.6. The maximum atomic E-state index is 12.9. The highest BCUT2D eigenvalue weighted by molar-refractivity contribution is 7.89. The van der Waals surface area contributed by atoms with E-state index in [0.717, 1.165) is 44.2 Å². The lowest BCUT2D eigenvalue weighted by Crippen LogP contribution is -2.55. The molecule has 26 heavy (non-hydrogen) atoms. The molecule has 2 aliphatic rings. The highest BCUT2D eigenvalue weighted by atomic mass is 32.2. The van der Waals surface area contributed by atoms with Gasteiger partial charge in [-0.3, -0.25) is 0 Å². The Labute approximate surface area is 156 Å². The van der Waals surface area contributed by atoms with Crippen molar-refractivity contribution in [3.8, 4) is 0 Å². The van der Waals surface area contributed by atoms with Crippen LogP contribution in [0.3, 0.4) is 0 Å². The summed E-state index contributed by atoms with van der Waals surface area (Å²) in [5, 5.41) is 3.06. The van der Waals surface area contributed by atoms with Gasteiger partial charge in [0.2, 0.25) is 10.0 Å². The lowest BCUT2D eigenvalue weighted by atomic mass is 10.0. The van der Waals surface area contributed by atoms with Crippen LogP contribution >= 0.6 is 0 Å². The largest absolute Gasteiger partial charge is 0.334 e. The molecule has 1 N–H and O–H groups in total. The molecule has 2 amide bonds. The van der Waals surface area contributed by atoms with Gasteiger partial charge in [0, 0.05) is 31.7 Å². The highest BCUT2D eigenvalue weighted by Crippen LogP contribution is 2.22. The van der Waals surface area contributed by atoms with Crippen LogP contribution in [0.4, 0.5) is 4.79 Å². The second-order valence-corrected chi connectivity index (χ2v) is 9.44. The highest BCUT2D eigenvalue weighted by Gasteiger charge is 2.32. The van der Waals surface area contributed by atoms with Crippen molar-refractivity contribution in [2.75, 3.05) is 19.6 Å². The Morgan fingerprint density at radius 3 is 2.50 bits per heavy atom. The fourth-order valence-corrected chi connectivity index (χ4v) is 5.32. The van der Waals surface area contributed by atoms with E-state index in [1.54, 1.807) is 12.1 Å². The first-order valence-electron chi connectivity index (χ1n) is 9.52. The van der Waals surface area contributed by atoms with Crippen molar-refractivity contribution < 1.29 is 13.2 Å². The summed E-state index contributed by atoms with van der Waals surface area (Å²) in [6.45, 7) is 5.64. The number of likely N-dealkylation sites (tertiary alicyclic amines) is 1. The minimum atomic E-state index is -3.51. The molecule has 0 radical (unpaired) electrons. The Bertz CT molecular complexity index is 733. The van der Waals surface area contributed by atoms with Crippen molar-refractivity contribution in [1.29, 1.82) is 0 Å². The number of aryl methyl sites for hydroxylation is 1. The Kier molecular flexibility index (Phi) is 5.87. The van der Waals surface area contributed by atoms with Gasteiger partial charge >= 0.3 is 6.03 Å². The van der Waals surface area contributed by atoms with E-state index in [-0.39, 0.29) is 18.1 Å². The van der Waals surface area contributed by atoms with Crippen molar-refractivity contribution in [2.24, 2.45) is 0 Å². The van der Waals surface area contributed by atoms with E-state index in [4.69, 9.17) is 0 Å². The molecule has 3 rings (SSSR count). The van der Waals surface area contributed by atoms with Crippen LogP contribution in [-0.4, -0.2) is 55.4 Å². The summed E-state index contributed by atoms with van der Waals surface area (Å²) in [6.07, 6.45) is 4.80. The molecular formula is C19H29N3O3S. The number of hydrogen-bond donors (Lipinski definition) is 1. The monoisotopic (exact) mass is 379 g/mol. The molecule has 1 aromatic carbocycles. The van der Waals surface area contributed by atoms with E-state index in [2.05, 4.69) is 12.2 Å². The fraction of sp³-hybridized carbons (Fsp3) is 0.632. The van der Waals surface area contributed by atoms with Crippen molar-refractivity contribution in [2.45, 2.75) is 62.9 Å². The van der Waals surface area contributed by atoms with Gasteiger partial charge in [-0.25, -0.2) is 13.2 Å². The molecule has 7 heteroatoms. The Hall–Kier alpha value is -1.60. The number of carbonyl (C=O) groups excluding carboxylic acids is 1. The number of sulfonamides is 1. The van der Waals surface area contributed by atoms with Crippen molar-refractivity contribution in [3.05, 3.63) is 29.8 Å². The average molecular weight is 380 g/mol. The lowest BCUT2D eigenvalue weighted by Gasteiger charge is -2.37. The van der Waals surface area contributed by atoms with Gasteiger partial charge in [-0.2, -0.15) is 4.31 Å². The van der Waals surface area contributed by atoms with Gasteiger partial charge in [-0.15, -0.1) is 0 Å². The number of benzene rings is 1. The minimum Gasteiger partial charge on any atom is -0.334 e. The van der Waals surface area contributed by atoms with E-state index in [9.17, 15) is 13.2 Å². The van der Waals surface area contributed by atoms with E-state index in [1.165, 1.54) is 4.31 Å². The van der Waals surface area contributed by atoms with Crippen molar-refractivity contribution in [3.63, 3.8) is 0 Å². The molecule has 2 atom stereocenters. The molecule has 1 aromatic rings. The molecule has 0 unspecified atom stereocenters. The summed E-state index contributed by atoms with van der Waals surface area (Å²) in [7, 11) is -3.51. The number of nitrogens with one attached hydrogen (secondary N) is 1. The van der Waals surface area contributed by atoms with E-state index in [1.807, 2.05) is 24.0 Å². The van der Waals surface area contributed by atoms with Gasteiger partial charge in [0.25, 0.3) is 0 Å². The molecule has 2 heterocycles. The van der Waals surface area contributed by atoms with Crippen LogP contribution in [0.1, 0.15) is 44.6 Å². The topological polar surface area (TPSA) is 69.7 Å². The van der Waals surface area contributed by atoms with Crippen molar-refractivity contribution >= 4 is 16.1 Å². The molecular weight excluding hydrogens is 350 g/mol. The van der Waals surface area contributed by atoms with Crippen LogP contribution in [0, 0.1) is 6.92 Å². The first-order chi connectivity index (χ1) is 12.4.